The predicted molar refractivity (Wildman–Crippen MR) is 68.0 cm³/mol. The monoisotopic (exact) mass is 273 g/mol. The number of hydrogen-bond donors (Lipinski definition) is 1. The molecule has 0 aromatic heterocycles. The van der Waals surface area contributed by atoms with Crippen LogP contribution >= 0.6 is 0 Å². The number of anilines is 1. The predicted octanol–water partition coefficient (Wildman–Crippen LogP) is 3.43. The summed E-state index contributed by atoms with van der Waals surface area (Å²) in [6.45, 7) is 1.57. The maximum Gasteiger partial charge on any atom is 0.418 e. The van der Waals surface area contributed by atoms with Gasteiger partial charge in [-0.05, 0) is 43.4 Å². The van der Waals surface area contributed by atoms with Crippen molar-refractivity contribution < 1.29 is 18.3 Å². The fraction of sp³-hybridized carbons (Fsp3) is 0.571. The summed E-state index contributed by atoms with van der Waals surface area (Å²) in [6.07, 6.45) is -2.23. The minimum atomic E-state index is -4.40. The van der Waals surface area contributed by atoms with Crippen LogP contribution in [0.2, 0.25) is 0 Å². The van der Waals surface area contributed by atoms with Gasteiger partial charge in [0.1, 0.15) is 0 Å². The fourth-order valence-corrected chi connectivity index (χ4v) is 2.33. The van der Waals surface area contributed by atoms with Crippen LogP contribution in [-0.2, 0) is 12.8 Å². The first-order valence-corrected chi connectivity index (χ1v) is 6.38. The summed E-state index contributed by atoms with van der Waals surface area (Å²) in [7, 11) is 1.70. The fourth-order valence-electron chi connectivity index (χ4n) is 2.33. The summed E-state index contributed by atoms with van der Waals surface area (Å²) >= 11 is 0. The molecule has 1 aromatic rings. The molecule has 1 N–H and O–H groups in total. The summed E-state index contributed by atoms with van der Waals surface area (Å²) in [5, 5.41) is 8.98. The lowest BCUT2D eigenvalue weighted by Crippen LogP contribution is -2.32. The Hall–Kier alpha value is -1.23. The zero-order valence-electron chi connectivity index (χ0n) is 11.0. The highest BCUT2D eigenvalue weighted by Crippen LogP contribution is 2.41. The normalized spacial score (nSPS) is 17.4. The highest BCUT2D eigenvalue weighted by molar-refractivity contribution is 5.56. The van der Waals surface area contributed by atoms with Gasteiger partial charge >= 0.3 is 6.18 Å². The van der Waals surface area contributed by atoms with Gasteiger partial charge in [0, 0.05) is 18.8 Å². The molecule has 1 aliphatic carbocycles. The van der Waals surface area contributed by atoms with Crippen LogP contribution in [0.4, 0.5) is 18.9 Å². The summed E-state index contributed by atoms with van der Waals surface area (Å²) in [6, 6.07) is 4.13. The Morgan fingerprint density at radius 1 is 1.37 bits per heavy atom. The van der Waals surface area contributed by atoms with E-state index in [9.17, 15) is 13.2 Å². The smallest absolute Gasteiger partial charge is 0.392 e. The molecule has 0 radical (unpaired) electrons. The zero-order valence-corrected chi connectivity index (χ0v) is 11.0. The van der Waals surface area contributed by atoms with Crippen LogP contribution in [0.5, 0.6) is 0 Å². The van der Waals surface area contributed by atoms with Gasteiger partial charge in [-0.3, -0.25) is 0 Å². The molecule has 2 nitrogen and oxygen atoms in total. The van der Waals surface area contributed by atoms with E-state index in [1.54, 1.807) is 18.0 Å². The Labute approximate surface area is 110 Å². The number of benzene rings is 1. The van der Waals surface area contributed by atoms with Gasteiger partial charge in [0.25, 0.3) is 0 Å². The topological polar surface area (TPSA) is 23.5 Å². The number of rotatable bonds is 4. The van der Waals surface area contributed by atoms with Crippen molar-refractivity contribution in [1.29, 1.82) is 0 Å². The second-order valence-electron chi connectivity index (χ2n) is 5.20. The molecule has 0 heterocycles. The molecule has 1 fully saturated rings. The van der Waals surface area contributed by atoms with Crippen molar-refractivity contribution in [3.63, 3.8) is 0 Å². The van der Waals surface area contributed by atoms with Crippen LogP contribution in [0.1, 0.15) is 30.9 Å². The highest BCUT2D eigenvalue weighted by Gasteiger charge is 2.37. The van der Waals surface area contributed by atoms with Gasteiger partial charge in [0.15, 0.2) is 0 Å². The van der Waals surface area contributed by atoms with Crippen molar-refractivity contribution in [3.05, 3.63) is 29.3 Å². The lowest BCUT2D eigenvalue weighted by atomic mass is 10.1. The second kappa shape index (κ2) is 5.04. The van der Waals surface area contributed by atoms with Crippen LogP contribution in [0, 0.1) is 5.92 Å². The molecule has 1 saturated carbocycles. The third-order valence-electron chi connectivity index (χ3n) is 3.84. The van der Waals surface area contributed by atoms with E-state index in [1.807, 2.05) is 6.92 Å². The quantitative estimate of drug-likeness (QED) is 0.908. The van der Waals surface area contributed by atoms with Crippen molar-refractivity contribution >= 4 is 5.69 Å². The molecule has 0 bridgehead atoms. The number of halogens is 3. The molecule has 1 unspecified atom stereocenters. The van der Waals surface area contributed by atoms with Crippen molar-refractivity contribution in [1.82, 2.24) is 0 Å². The lowest BCUT2D eigenvalue weighted by Gasteiger charge is -2.30. The summed E-state index contributed by atoms with van der Waals surface area (Å²) < 4.78 is 39.3. The molecule has 0 saturated heterocycles. The first kappa shape index (κ1) is 14.2. The molecule has 0 spiro atoms. The lowest BCUT2D eigenvalue weighted by molar-refractivity contribution is -0.137. The van der Waals surface area contributed by atoms with E-state index in [4.69, 9.17) is 5.11 Å². The molecule has 5 heteroatoms. The Kier molecular flexibility index (Phi) is 3.76. The Balaban J connectivity index is 2.37. The third-order valence-corrected chi connectivity index (χ3v) is 3.84. The molecule has 0 aliphatic heterocycles. The van der Waals surface area contributed by atoms with Crippen molar-refractivity contribution in [2.24, 2.45) is 5.92 Å². The molecule has 19 heavy (non-hydrogen) atoms. The maximum absolute atomic E-state index is 13.1. The van der Waals surface area contributed by atoms with Gasteiger partial charge in [0.2, 0.25) is 0 Å². The molecule has 2 rings (SSSR count). The molecule has 1 aromatic carbocycles. The largest absolute Gasteiger partial charge is 0.418 e. The molecular formula is C14H18F3NO. The van der Waals surface area contributed by atoms with Gasteiger partial charge < -0.3 is 10.0 Å². The number of alkyl halides is 3. The van der Waals surface area contributed by atoms with Crippen LogP contribution in [0.3, 0.4) is 0 Å². The van der Waals surface area contributed by atoms with E-state index in [2.05, 4.69) is 0 Å². The second-order valence-corrected chi connectivity index (χ2v) is 5.20. The van der Waals surface area contributed by atoms with E-state index in [1.165, 1.54) is 6.07 Å². The Morgan fingerprint density at radius 2 is 2.00 bits per heavy atom. The molecular weight excluding hydrogens is 255 g/mol. The van der Waals surface area contributed by atoms with Crippen LogP contribution < -0.4 is 4.90 Å². The number of hydrogen-bond acceptors (Lipinski definition) is 2. The van der Waals surface area contributed by atoms with E-state index in [-0.39, 0.29) is 23.9 Å². The molecule has 1 aliphatic rings. The van der Waals surface area contributed by atoms with Crippen molar-refractivity contribution in [2.45, 2.75) is 38.6 Å². The van der Waals surface area contributed by atoms with Gasteiger partial charge in [-0.1, -0.05) is 6.07 Å². The summed E-state index contributed by atoms with van der Waals surface area (Å²) in [5.41, 5.74) is -0.207. The van der Waals surface area contributed by atoms with Gasteiger partial charge in [-0.15, -0.1) is 0 Å². The van der Waals surface area contributed by atoms with E-state index in [0.717, 1.165) is 18.9 Å². The van der Waals surface area contributed by atoms with E-state index < -0.39 is 11.7 Å². The van der Waals surface area contributed by atoms with Crippen LogP contribution in [0.25, 0.3) is 0 Å². The SMILES string of the molecule is CC(C1CC1)N(C)c1ccc(CO)cc1C(F)(F)F. The number of aliphatic hydroxyl groups excluding tert-OH is 1. The van der Waals surface area contributed by atoms with Gasteiger partial charge in [-0.2, -0.15) is 13.2 Å². The average molecular weight is 273 g/mol. The summed E-state index contributed by atoms with van der Waals surface area (Å²) in [4.78, 5) is 1.70. The third kappa shape index (κ3) is 3.03. The molecule has 0 amide bonds. The van der Waals surface area contributed by atoms with Gasteiger partial charge in [-0.25, -0.2) is 0 Å². The highest BCUT2D eigenvalue weighted by atomic mass is 19.4. The standard InChI is InChI=1S/C14H18F3NO/c1-9(11-4-5-11)18(2)13-6-3-10(8-19)7-12(13)14(15,16)17/h3,6-7,9,11,19H,4-5,8H2,1-2H3. The maximum atomic E-state index is 13.1. The number of aliphatic hydroxyl groups is 1. The minimum Gasteiger partial charge on any atom is -0.392 e. The van der Waals surface area contributed by atoms with Crippen LogP contribution in [0.15, 0.2) is 18.2 Å². The van der Waals surface area contributed by atoms with E-state index >= 15 is 0 Å². The van der Waals surface area contributed by atoms with Gasteiger partial charge in [0.05, 0.1) is 12.2 Å². The first-order valence-electron chi connectivity index (χ1n) is 6.38. The zero-order chi connectivity index (χ0) is 14.2. The van der Waals surface area contributed by atoms with Crippen molar-refractivity contribution in [2.75, 3.05) is 11.9 Å². The molecule has 1 atom stereocenters. The minimum absolute atomic E-state index is 0.0982. The molecule has 106 valence electrons. The van der Waals surface area contributed by atoms with E-state index in [0.29, 0.717) is 5.92 Å². The first-order chi connectivity index (χ1) is 8.84. The summed E-state index contributed by atoms with van der Waals surface area (Å²) in [5.74, 6) is 0.489. The van der Waals surface area contributed by atoms with Crippen LogP contribution in [-0.4, -0.2) is 18.2 Å². The van der Waals surface area contributed by atoms with Crippen molar-refractivity contribution in [3.8, 4) is 0 Å². The Morgan fingerprint density at radius 3 is 2.47 bits per heavy atom. The Bertz CT molecular complexity index is 454. The average Bonchev–Trinajstić information content (AvgIpc) is 3.19. The number of nitrogens with zero attached hydrogens (tertiary/aromatic N) is 1.